The maximum atomic E-state index is 6.36. The Morgan fingerprint density at radius 1 is 0.964 bits per heavy atom. The van der Waals surface area contributed by atoms with Gasteiger partial charge in [-0.3, -0.25) is 0 Å². The molecule has 0 saturated carbocycles. The first-order valence-electron chi connectivity index (χ1n) is 8.86. The predicted octanol–water partition coefficient (Wildman–Crippen LogP) is 7.83. The van der Waals surface area contributed by atoms with Gasteiger partial charge in [0.05, 0.1) is 12.0 Å². The van der Waals surface area contributed by atoms with Crippen molar-refractivity contribution in [3.05, 3.63) is 93.8 Å². The van der Waals surface area contributed by atoms with Gasteiger partial charge in [-0.1, -0.05) is 46.8 Å². The standard InChI is InChI=1S/C24H19BrO2S/c1-15-6-4-5-7-20(15)16(2)24-23(27-18-10-8-17(25)9-11-18)21-13-12-19(26-3)14-22(21)28-24/h4-14H,2H2,1,3H3. The Morgan fingerprint density at radius 2 is 1.68 bits per heavy atom. The zero-order valence-corrected chi connectivity index (χ0v) is 18.1. The van der Waals surface area contributed by atoms with Crippen LogP contribution < -0.4 is 9.47 Å². The summed E-state index contributed by atoms with van der Waals surface area (Å²) in [6.45, 7) is 6.51. The Bertz CT molecular complexity index is 1160. The third-order valence-corrected chi connectivity index (χ3v) is 6.35. The van der Waals surface area contributed by atoms with Gasteiger partial charge in [0, 0.05) is 14.6 Å². The minimum absolute atomic E-state index is 0.789. The first-order valence-corrected chi connectivity index (χ1v) is 10.5. The molecular weight excluding hydrogens is 432 g/mol. The van der Waals surface area contributed by atoms with Gasteiger partial charge in [0.25, 0.3) is 0 Å². The van der Waals surface area contributed by atoms with Gasteiger partial charge in [0.2, 0.25) is 0 Å². The Morgan fingerprint density at radius 3 is 2.39 bits per heavy atom. The van der Waals surface area contributed by atoms with E-state index in [2.05, 4.69) is 41.6 Å². The highest BCUT2D eigenvalue weighted by Crippen LogP contribution is 2.46. The molecular formula is C24H19BrO2S. The molecule has 0 radical (unpaired) electrons. The van der Waals surface area contributed by atoms with Crippen LogP contribution in [0.3, 0.4) is 0 Å². The maximum absolute atomic E-state index is 6.36. The van der Waals surface area contributed by atoms with E-state index in [1.807, 2.05) is 54.6 Å². The molecule has 0 N–H and O–H groups in total. The van der Waals surface area contributed by atoms with E-state index in [1.165, 1.54) is 5.56 Å². The molecule has 0 saturated heterocycles. The Balaban J connectivity index is 1.87. The second-order valence-electron chi connectivity index (χ2n) is 6.47. The Kier molecular flexibility index (Phi) is 5.25. The summed E-state index contributed by atoms with van der Waals surface area (Å²) in [5, 5.41) is 1.05. The quantitative estimate of drug-likeness (QED) is 0.308. The van der Waals surface area contributed by atoms with Gasteiger partial charge in [-0.15, -0.1) is 11.3 Å². The molecule has 0 aliphatic carbocycles. The molecule has 4 aromatic rings. The van der Waals surface area contributed by atoms with E-state index in [0.29, 0.717) is 0 Å². The van der Waals surface area contributed by atoms with Crippen molar-refractivity contribution < 1.29 is 9.47 Å². The number of thiophene rings is 1. The van der Waals surface area contributed by atoms with Gasteiger partial charge in [0.1, 0.15) is 11.5 Å². The lowest BCUT2D eigenvalue weighted by atomic mass is 10.00. The molecule has 0 bridgehead atoms. The van der Waals surface area contributed by atoms with E-state index < -0.39 is 0 Å². The second kappa shape index (κ2) is 7.82. The third-order valence-electron chi connectivity index (χ3n) is 4.63. The maximum Gasteiger partial charge on any atom is 0.153 e. The van der Waals surface area contributed by atoms with Crippen LogP contribution in [-0.4, -0.2) is 7.11 Å². The van der Waals surface area contributed by atoms with Gasteiger partial charge in [0.15, 0.2) is 5.75 Å². The lowest BCUT2D eigenvalue weighted by molar-refractivity contribution is 0.415. The molecule has 3 aromatic carbocycles. The second-order valence-corrected chi connectivity index (χ2v) is 8.44. The lowest BCUT2D eigenvalue weighted by Gasteiger charge is -2.12. The van der Waals surface area contributed by atoms with Gasteiger partial charge < -0.3 is 9.47 Å². The summed E-state index contributed by atoms with van der Waals surface area (Å²) in [6.07, 6.45) is 0. The van der Waals surface area contributed by atoms with E-state index in [1.54, 1.807) is 18.4 Å². The summed E-state index contributed by atoms with van der Waals surface area (Å²) >= 11 is 5.15. The highest BCUT2D eigenvalue weighted by Gasteiger charge is 2.19. The monoisotopic (exact) mass is 450 g/mol. The first kappa shape index (κ1) is 18.8. The van der Waals surface area contributed by atoms with Crippen molar-refractivity contribution in [3.8, 4) is 17.2 Å². The average molecular weight is 451 g/mol. The molecule has 28 heavy (non-hydrogen) atoms. The van der Waals surface area contributed by atoms with Crippen molar-refractivity contribution in [2.45, 2.75) is 6.92 Å². The largest absolute Gasteiger partial charge is 0.497 e. The molecule has 2 nitrogen and oxygen atoms in total. The molecule has 1 aromatic heterocycles. The van der Waals surface area contributed by atoms with E-state index in [9.17, 15) is 0 Å². The zero-order chi connectivity index (χ0) is 19.7. The number of halogens is 1. The van der Waals surface area contributed by atoms with E-state index in [4.69, 9.17) is 9.47 Å². The van der Waals surface area contributed by atoms with Crippen molar-refractivity contribution in [3.63, 3.8) is 0 Å². The normalized spacial score (nSPS) is 10.8. The van der Waals surface area contributed by atoms with Crippen LogP contribution in [-0.2, 0) is 0 Å². The van der Waals surface area contributed by atoms with Crippen molar-refractivity contribution in [2.75, 3.05) is 7.11 Å². The summed E-state index contributed by atoms with van der Waals surface area (Å²) in [7, 11) is 1.68. The van der Waals surface area contributed by atoms with Crippen molar-refractivity contribution in [1.82, 2.24) is 0 Å². The number of ether oxygens (including phenoxy) is 2. The molecule has 0 aliphatic heterocycles. The highest BCUT2D eigenvalue weighted by molar-refractivity contribution is 9.10. The van der Waals surface area contributed by atoms with Gasteiger partial charge in [-0.2, -0.15) is 0 Å². The summed E-state index contributed by atoms with van der Waals surface area (Å²) in [6, 6.07) is 22.2. The van der Waals surface area contributed by atoms with Crippen LogP contribution in [0.5, 0.6) is 17.2 Å². The van der Waals surface area contributed by atoms with Crippen LogP contribution in [0.25, 0.3) is 15.7 Å². The van der Waals surface area contributed by atoms with Crippen LogP contribution in [0.4, 0.5) is 0 Å². The predicted molar refractivity (Wildman–Crippen MR) is 122 cm³/mol. The number of benzene rings is 3. The van der Waals surface area contributed by atoms with E-state index >= 15 is 0 Å². The molecule has 0 aliphatic rings. The van der Waals surface area contributed by atoms with Crippen molar-refractivity contribution >= 4 is 42.9 Å². The number of rotatable bonds is 5. The van der Waals surface area contributed by atoms with Crippen LogP contribution in [0.15, 0.2) is 77.8 Å². The fourth-order valence-corrected chi connectivity index (χ4v) is 4.54. The lowest BCUT2D eigenvalue weighted by Crippen LogP contribution is -1.91. The zero-order valence-electron chi connectivity index (χ0n) is 15.7. The van der Waals surface area contributed by atoms with Crippen LogP contribution in [0, 0.1) is 6.92 Å². The van der Waals surface area contributed by atoms with Gasteiger partial charge >= 0.3 is 0 Å². The summed E-state index contributed by atoms with van der Waals surface area (Å²) in [5.41, 5.74) is 3.28. The molecule has 0 amide bonds. The average Bonchev–Trinajstić information content (AvgIpc) is 3.07. The van der Waals surface area contributed by atoms with Crippen LogP contribution >= 0.6 is 27.3 Å². The minimum atomic E-state index is 0.789. The fraction of sp³-hybridized carbons (Fsp3) is 0.0833. The van der Waals surface area contributed by atoms with Crippen molar-refractivity contribution in [2.24, 2.45) is 0 Å². The van der Waals surface area contributed by atoms with Crippen LogP contribution in [0.2, 0.25) is 0 Å². The van der Waals surface area contributed by atoms with Crippen molar-refractivity contribution in [1.29, 1.82) is 0 Å². The van der Waals surface area contributed by atoms with E-state index in [0.717, 1.165) is 47.8 Å². The summed E-state index contributed by atoms with van der Waals surface area (Å²) in [4.78, 5) is 1.03. The third kappa shape index (κ3) is 3.58. The number of hydrogen-bond donors (Lipinski definition) is 0. The summed E-state index contributed by atoms with van der Waals surface area (Å²) in [5.74, 6) is 2.45. The van der Waals surface area contributed by atoms with Gasteiger partial charge in [-0.25, -0.2) is 0 Å². The highest BCUT2D eigenvalue weighted by atomic mass is 79.9. The van der Waals surface area contributed by atoms with E-state index in [-0.39, 0.29) is 0 Å². The Labute approximate surface area is 177 Å². The first-order chi connectivity index (χ1) is 13.6. The molecule has 1 heterocycles. The SMILES string of the molecule is C=C(c1ccccc1C)c1sc2cc(OC)ccc2c1Oc1ccc(Br)cc1. The number of aryl methyl sites for hydroxylation is 1. The smallest absolute Gasteiger partial charge is 0.153 e. The number of fused-ring (bicyclic) bond motifs is 1. The molecule has 0 unspecified atom stereocenters. The van der Waals surface area contributed by atoms with Gasteiger partial charge in [-0.05, 0) is 66.1 Å². The Hall–Kier alpha value is -2.56. The topological polar surface area (TPSA) is 18.5 Å². The minimum Gasteiger partial charge on any atom is -0.497 e. The molecule has 0 fully saturated rings. The molecule has 0 atom stereocenters. The van der Waals surface area contributed by atoms with Crippen LogP contribution in [0.1, 0.15) is 16.0 Å². The molecule has 0 spiro atoms. The number of hydrogen-bond acceptors (Lipinski definition) is 3. The molecule has 140 valence electrons. The summed E-state index contributed by atoms with van der Waals surface area (Å²) < 4.78 is 13.9. The molecule has 4 rings (SSSR count). The number of methoxy groups -OCH3 is 1. The fourth-order valence-electron chi connectivity index (χ4n) is 3.13. The molecule has 4 heteroatoms.